The van der Waals surface area contributed by atoms with Gasteiger partial charge in [0.25, 0.3) is 0 Å². The normalized spacial score (nSPS) is 10.0. The molecule has 0 bridgehead atoms. The van der Waals surface area contributed by atoms with Crippen molar-refractivity contribution in [3.05, 3.63) is 68.7 Å². The van der Waals surface area contributed by atoms with Gasteiger partial charge in [0.1, 0.15) is 18.1 Å². The van der Waals surface area contributed by atoms with Crippen molar-refractivity contribution in [2.24, 2.45) is 0 Å². The van der Waals surface area contributed by atoms with Crippen molar-refractivity contribution in [2.75, 3.05) is 12.4 Å². The Morgan fingerprint density at radius 2 is 2.12 bits per heavy atom. The fourth-order valence-corrected chi connectivity index (χ4v) is 3.37. The van der Waals surface area contributed by atoms with E-state index in [4.69, 9.17) is 32.4 Å². The minimum Gasteiger partial charge on any atom is -0.479 e. The Morgan fingerprint density at radius 1 is 1.32 bits per heavy atom. The average Bonchev–Trinajstić information content (AvgIpc) is 2.55. The van der Waals surface area contributed by atoms with Crippen molar-refractivity contribution in [1.82, 2.24) is 0 Å². The van der Waals surface area contributed by atoms with Crippen LogP contribution in [0.2, 0.25) is 10.0 Å². The number of hydrogen-bond acceptors (Lipinski definition) is 4. The smallest absolute Gasteiger partial charge is 0.340 e. The molecule has 25 heavy (non-hydrogen) atoms. The Labute approximate surface area is 161 Å². The van der Waals surface area contributed by atoms with Crippen molar-refractivity contribution in [1.29, 1.82) is 0 Å². The molecule has 0 radical (unpaired) electrons. The number of benzene rings is 1. The lowest BCUT2D eigenvalue weighted by Gasteiger charge is -2.05. The summed E-state index contributed by atoms with van der Waals surface area (Å²) in [6, 6.07) is 6.87. The van der Waals surface area contributed by atoms with Crippen LogP contribution in [0.15, 0.2) is 51.0 Å². The number of hydrogen-bond donors (Lipinski definition) is 0. The minimum atomic E-state index is -0.323. The van der Waals surface area contributed by atoms with Crippen LogP contribution in [0.1, 0.15) is 11.3 Å². The van der Waals surface area contributed by atoms with Crippen molar-refractivity contribution >= 4 is 35.0 Å². The largest absolute Gasteiger partial charge is 0.479 e. The van der Waals surface area contributed by atoms with E-state index in [1.54, 1.807) is 31.2 Å². The SMILES string of the molecule is C=CCc1c(SCC#CCOc2ccc(Cl)cc2Cl)cc(C)oc1=O. The van der Waals surface area contributed by atoms with Gasteiger partial charge in [-0.1, -0.05) is 41.1 Å². The van der Waals surface area contributed by atoms with Gasteiger partial charge in [-0.05, 0) is 37.6 Å². The lowest BCUT2D eigenvalue weighted by molar-refractivity contribution is 0.370. The van der Waals surface area contributed by atoms with E-state index in [0.29, 0.717) is 39.3 Å². The number of ether oxygens (including phenoxy) is 1. The van der Waals surface area contributed by atoms with E-state index in [-0.39, 0.29) is 12.2 Å². The zero-order valence-electron chi connectivity index (χ0n) is 13.6. The molecule has 130 valence electrons. The third-order valence-corrected chi connectivity index (χ3v) is 4.59. The molecule has 0 saturated carbocycles. The van der Waals surface area contributed by atoms with E-state index in [1.807, 2.05) is 6.07 Å². The van der Waals surface area contributed by atoms with Crippen molar-refractivity contribution in [3.63, 3.8) is 0 Å². The monoisotopic (exact) mass is 394 g/mol. The molecule has 0 N–H and O–H groups in total. The predicted molar refractivity (Wildman–Crippen MR) is 104 cm³/mol. The molecule has 2 rings (SSSR count). The van der Waals surface area contributed by atoms with Crippen LogP contribution in [0.4, 0.5) is 0 Å². The van der Waals surface area contributed by atoms with E-state index in [0.717, 1.165) is 4.90 Å². The molecule has 0 aliphatic heterocycles. The standard InChI is InChI=1S/C19H16Cl2O3S/c1-3-6-15-18(11-13(2)24-19(15)22)25-10-5-4-9-23-17-8-7-14(20)12-16(17)21/h3,7-8,11-12H,1,6,9-10H2,2H3. The van der Waals surface area contributed by atoms with E-state index in [1.165, 1.54) is 11.8 Å². The average molecular weight is 395 g/mol. The van der Waals surface area contributed by atoms with Gasteiger partial charge in [0.2, 0.25) is 0 Å². The number of halogens is 2. The first-order valence-corrected chi connectivity index (χ1v) is 9.16. The summed E-state index contributed by atoms with van der Waals surface area (Å²) in [5, 5.41) is 1.00. The molecule has 0 spiro atoms. The second-order valence-corrected chi connectivity index (χ2v) is 6.85. The third kappa shape index (κ3) is 5.89. The molecule has 0 unspecified atom stereocenters. The van der Waals surface area contributed by atoms with Gasteiger partial charge in [-0.2, -0.15) is 0 Å². The Balaban J connectivity index is 1.92. The molecule has 3 nitrogen and oxygen atoms in total. The molecule has 0 aliphatic carbocycles. The second kappa shape index (κ2) is 9.62. The number of thioether (sulfide) groups is 1. The van der Waals surface area contributed by atoms with Crippen molar-refractivity contribution in [3.8, 4) is 17.6 Å². The maximum Gasteiger partial charge on any atom is 0.340 e. The predicted octanol–water partition coefficient (Wildman–Crippen LogP) is 5.16. The van der Waals surface area contributed by atoms with Crippen LogP contribution in [-0.4, -0.2) is 12.4 Å². The zero-order valence-corrected chi connectivity index (χ0v) is 15.9. The van der Waals surface area contributed by atoms with Crippen LogP contribution in [0.3, 0.4) is 0 Å². The molecule has 0 fully saturated rings. The van der Waals surface area contributed by atoms with Gasteiger partial charge in [0.15, 0.2) is 0 Å². The summed E-state index contributed by atoms with van der Waals surface area (Å²) >= 11 is 13.3. The highest BCUT2D eigenvalue weighted by atomic mass is 35.5. The fourth-order valence-electron chi connectivity index (χ4n) is 1.99. The number of allylic oxidation sites excluding steroid dienone is 1. The summed E-state index contributed by atoms with van der Waals surface area (Å²) < 4.78 is 10.6. The summed E-state index contributed by atoms with van der Waals surface area (Å²) in [5.74, 6) is 7.57. The highest BCUT2D eigenvalue weighted by Crippen LogP contribution is 2.27. The minimum absolute atomic E-state index is 0.220. The molecule has 0 atom stereocenters. The van der Waals surface area contributed by atoms with Gasteiger partial charge < -0.3 is 9.15 Å². The molecule has 0 aliphatic rings. The summed E-state index contributed by atoms with van der Waals surface area (Å²) in [7, 11) is 0. The number of rotatable bonds is 6. The zero-order chi connectivity index (χ0) is 18.2. The Bertz CT molecular complexity index is 878. The molecular formula is C19H16Cl2O3S. The fraction of sp³-hybridized carbons (Fsp3) is 0.211. The molecule has 0 amide bonds. The molecule has 1 aromatic heterocycles. The number of aryl methyl sites for hydroxylation is 1. The van der Waals surface area contributed by atoms with Gasteiger partial charge in [0.05, 0.1) is 16.3 Å². The molecular weight excluding hydrogens is 379 g/mol. The topological polar surface area (TPSA) is 39.4 Å². The van der Waals surface area contributed by atoms with E-state index >= 15 is 0 Å². The maximum atomic E-state index is 11.9. The first-order valence-electron chi connectivity index (χ1n) is 7.42. The highest BCUT2D eigenvalue weighted by Gasteiger charge is 2.09. The van der Waals surface area contributed by atoms with Crippen molar-refractivity contribution < 1.29 is 9.15 Å². The van der Waals surface area contributed by atoms with E-state index in [2.05, 4.69) is 18.4 Å². The van der Waals surface area contributed by atoms with E-state index in [9.17, 15) is 4.79 Å². The molecule has 6 heteroatoms. The van der Waals surface area contributed by atoms with Crippen LogP contribution in [0, 0.1) is 18.8 Å². The first-order chi connectivity index (χ1) is 12.0. The van der Waals surface area contributed by atoms with Crippen LogP contribution >= 0.6 is 35.0 Å². The Kier molecular flexibility index (Phi) is 7.52. The first kappa shape index (κ1) is 19.5. The van der Waals surface area contributed by atoms with Gasteiger partial charge in [0, 0.05) is 9.92 Å². The van der Waals surface area contributed by atoms with Crippen LogP contribution < -0.4 is 10.4 Å². The lowest BCUT2D eigenvalue weighted by Crippen LogP contribution is -2.09. The van der Waals surface area contributed by atoms with E-state index < -0.39 is 0 Å². The summed E-state index contributed by atoms with van der Waals surface area (Å²) in [6.45, 7) is 5.64. The summed E-state index contributed by atoms with van der Waals surface area (Å²) in [5.41, 5.74) is 0.285. The molecule has 0 saturated heterocycles. The Hall–Kier alpha value is -1.80. The Morgan fingerprint density at radius 3 is 2.84 bits per heavy atom. The molecule has 2 aromatic rings. The quantitative estimate of drug-likeness (QED) is 0.385. The lowest BCUT2D eigenvalue weighted by atomic mass is 10.2. The van der Waals surface area contributed by atoms with Gasteiger partial charge in [-0.3, -0.25) is 0 Å². The van der Waals surface area contributed by atoms with Crippen LogP contribution in [0.5, 0.6) is 5.75 Å². The molecule has 1 heterocycles. The second-order valence-electron chi connectivity index (χ2n) is 4.99. The van der Waals surface area contributed by atoms with Gasteiger partial charge in [-0.15, -0.1) is 18.3 Å². The molecule has 1 aromatic carbocycles. The van der Waals surface area contributed by atoms with Crippen molar-refractivity contribution in [2.45, 2.75) is 18.2 Å². The third-order valence-electron chi connectivity index (χ3n) is 3.10. The van der Waals surface area contributed by atoms with Crippen LogP contribution in [0.25, 0.3) is 0 Å². The summed E-state index contributed by atoms with van der Waals surface area (Å²) in [4.78, 5) is 12.8. The maximum absolute atomic E-state index is 11.9. The van der Waals surface area contributed by atoms with Gasteiger partial charge >= 0.3 is 5.63 Å². The summed E-state index contributed by atoms with van der Waals surface area (Å²) in [6.07, 6.45) is 2.15. The van der Waals surface area contributed by atoms with Crippen LogP contribution in [-0.2, 0) is 6.42 Å². The van der Waals surface area contributed by atoms with Gasteiger partial charge in [-0.25, -0.2) is 4.79 Å². The highest BCUT2D eigenvalue weighted by molar-refractivity contribution is 7.99.